The number of carbonyl (C=O) groups is 2. The molecule has 2 atom stereocenters. The van der Waals surface area contributed by atoms with E-state index in [9.17, 15) is 12.3 Å². The third kappa shape index (κ3) is 2.24. The van der Waals surface area contributed by atoms with Crippen molar-refractivity contribution in [2.24, 2.45) is 0 Å². The van der Waals surface area contributed by atoms with Gasteiger partial charge in [0.15, 0.2) is 11.5 Å². The van der Waals surface area contributed by atoms with E-state index in [0.717, 1.165) is 7.05 Å². The maximum absolute atomic E-state index is 13.9. The lowest BCUT2D eigenvalue weighted by Gasteiger charge is -2.46. The molecule has 29 heavy (non-hydrogen) atoms. The topological polar surface area (TPSA) is 74.9 Å². The van der Waals surface area contributed by atoms with E-state index >= 15 is 0 Å². The van der Waals surface area contributed by atoms with Gasteiger partial charge in [-0.2, -0.15) is 0 Å². The number of nitrogens with one attached hydrogen (secondary N) is 1. The number of benzene rings is 2. The number of H-pyrrole nitrogens is 1. The van der Waals surface area contributed by atoms with Gasteiger partial charge in [0.2, 0.25) is 18.6 Å². The predicted octanol–water partition coefficient (Wildman–Crippen LogP) is 2.21. The Balaban J connectivity index is 1.88. The van der Waals surface area contributed by atoms with Crippen molar-refractivity contribution in [2.75, 3.05) is 20.3 Å². The zero-order valence-corrected chi connectivity index (χ0v) is 14.5. The molecule has 0 saturated carbocycles. The fourth-order valence-corrected chi connectivity index (χ4v) is 3.34. The van der Waals surface area contributed by atoms with E-state index in [0.29, 0.717) is 0 Å². The lowest BCUT2D eigenvalue weighted by atomic mass is 9.86. The Hall–Kier alpha value is -3.48. The highest BCUT2D eigenvalue weighted by atomic mass is 16.7. The number of aromatic amines is 1. The summed E-state index contributed by atoms with van der Waals surface area (Å²) in [4.78, 5) is 30.3. The summed E-state index contributed by atoms with van der Waals surface area (Å²) in [5.74, 6) is -5.07. The van der Waals surface area contributed by atoms with E-state index in [-0.39, 0.29) is 9.80 Å². The highest BCUT2D eigenvalue weighted by Gasteiger charge is 2.47. The molecule has 3 aliphatic heterocycles. The number of hydrogen-bond acceptors (Lipinski definition) is 4. The van der Waals surface area contributed by atoms with Crippen LogP contribution >= 0.6 is 0 Å². The van der Waals surface area contributed by atoms with Crippen LogP contribution in [0.4, 0.5) is 0 Å². The molecular weight excluding hydrogens is 370 g/mol. The molecule has 2 aromatic carbocycles. The number of hydrogen-bond donors (Lipinski definition) is 1. The van der Waals surface area contributed by atoms with Crippen LogP contribution in [0.1, 0.15) is 43.4 Å². The van der Waals surface area contributed by atoms with Crippen LogP contribution < -0.4 is 9.47 Å². The van der Waals surface area contributed by atoms with Gasteiger partial charge in [0.1, 0.15) is 8.76 Å². The minimum atomic E-state index is -3.60. The van der Waals surface area contributed by atoms with Crippen molar-refractivity contribution in [3.8, 4) is 11.5 Å². The summed E-state index contributed by atoms with van der Waals surface area (Å²) in [6.45, 7) is -6.27. The minimum Gasteiger partial charge on any atom is -0.454 e. The van der Waals surface area contributed by atoms with E-state index in [1.165, 1.54) is 0 Å². The number of carbonyl (C=O) groups excluding carboxylic acids is 2. The van der Waals surface area contributed by atoms with Crippen LogP contribution in [0.3, 0.4) is 0 Å². The Morgan fingerprint density at radius 1 is 1.21 bits per heavy atom. The average Bonchev–Trinajstić information content (AvgIpc) is 3.51. The number of amides is 2. The molecule has 146 valence electrons. The van der Waals surface area contributed by atoms with Gasteiger partial charge in [-0.1, -0.05) is 24.2 Å². The second-order valence-electron chi connectivity index (χ2n) is 6.26. The van der Waals surface area contributed by atoms with Crippen LogP contribution in [-0.2, 0) is 16.0 Å². The number of para-hydroxylation sites is 1. The van der Waals surface area contributed by atoms with Crippen molar-refractivity contribution in [1.29, 1.82) is 0 Å². The number of fused-ring (bicyclic) bond motifs is 5. The van der Waals surface area contributed by atoms with Gasteiger partial charge in [-0.25, -0.2) is 0 Å². The summed E-state index contributed by atoms with van der Waals surface area (Å²) in [6, 6.07) is -13.4. The molecule has 1 N–H and O–H groups in total. The van der Waals surface area contributed by atoms with Crippen LogP contribution in [0.2, 0.25) is 0 Å². The standard InChI is InChI=1S/C22H19N3O4/c1-24-10-19(26)25-16(22(24)27)9-14-13-4-2-3-5-15(13)23-20(14)21(25)12-6-7-17-18(8-12)29-11-28-17/h2-8,16,21,23H,9-11H2,1H3/t16-,21-/m1/s1/i2D,3D,4D,5D,6D,7D,8D,9D2,10D2,11D2,16D,21D. The Bertz CT molecular complexity index is 1890. The summed E-state index contributed by atoms with van der Waals surface area (Å²) < 4.78 is 138. The summed E-state index contributed by atoms with van der Waals surface area (Å²) in [6.07, 6.45) is -3.44. The Labute approximate surface area is 187 Å². The monoisotopic (exact) mass is 404 g/mol. The molecule has 3 aromatic rings. The number of likely N-dealkylation sites (N-methyl/N-ethyl adjacent to an activating group) is 1. The van der Waals surface area contributed by atoms with Crippen LogP contribution in [-0.4, -0.2) is 52.9 Å². The van der Waals surface area contributed by atoms with Crippen molar-refractivity contribution in [1.82, 2.24) is 14.8 Å². The third-order valence-corrected chi connectivity index (χ3v) is 4.61. The molecule has 0 spiro atoms. The SMILES string of the molecule is [2H]c1c([2H])c([C@]2([2H])c3[nH]c4c([2H])c([2H])c([2H])c([2H])c4c3C([2H])([2H])[C@]3([2H])C(=O)N(C)C([2H])([2H])C(=O)N23)c([2H])c2c1OC([2H])([2H])O2. The highest BCUT2D eigenvalue weighted by Crippen LogP contribution is 2.44. The molecule has 1 fully saturated rings. The molecule has 4 heterocycles. The van der Waals surface area contributed by atoms with Gasteiger partial charge in [0, 0.05) is 32.8 Å². The molecule has 3 aliphatic rings. The first-order valence-electron chi connectivity index (χ1n) is 15.8. The summed E-state index contributed by atoms with van der Waals surface area (Å²) in [5.41, 5.74) is -3.32. The van der Waals surface area contributed by atoms with Gasteiger partial charge in [0.25, 0.3) is 0 Å². The van der Waals surface area contributed by atoms with Crippen molar-refractivity contribution < 1.29 is 39.6 Å². The lowest BCUT2D eigenvalue weighted by molar-refractivity contribution is -0.157. The maximum Gasteiger partial charge on any atom is 0.245 e. The van der Waals surface area contributed by atoms with Crippen molar-refractivity contribution in [3.05, 3.63) is 59.1 Å². The Morgan fingerprint density at radius 2 is 2.03 bits per heavy atom. The fourth-order valence-electron chi connectivity index (χ4n) is 3.34. The largest absolute Gasteiger partial charge is 0.454 e. The smallest absolute Gasteiger partial charge is 0.245 e. The Morgan fingerprint density at radius 3 is 2.93 bits per heavy atom. The van der Waals surface area contributed by atoms with Crippen molar-refractivity contribution in [2.45, 2.75) is 18.4 Å². The normalized spacial score (nSPS) is 40.5. The van der Waals surface area contributed by atoms with Gasteiger partial charge in [-0.05, 0) is 29.3 Å². The van der Waals surface area contributed by atoms with Crippen LogP contribution in [0, 0.1) is 0 Å². The van der Waals surface area contributed by atoms with E-state index < -0.39 is 125 Å². The van der Waals surface area contributed by atoms with Gasteiger partial charge in [-0.3, -0.25) is 9.59 Å². The van der Waals surface area contributed by atoms with Crippen molar-refractivity contribution in [3.63, 3.8) is 0 Å². The predicted molar refractivity (Wildman–Crippen MR) is 105 cm³/mol. The van der Waals surface area contributed by atoms with Crippen molar-refractivity contribution >= 4 is 22.7 Å². The van der Waals surface area contributed by atoms with Gasteiger partial charge in [-0.15, -0.1) is 0 Å². The first kappa shape index (κ1) is 7.40. The van der Waals surface area contributed by atoms with Crippen LogP contribution in [0.15, 0.2) is 42.3 Å². The molecule has 0 unspecified atom stereocenters. The summed E-state index contributed by atoms with van der Waals surface area (Å²) in [5, 5.41) is -0.614. The van der Waals surface area contributed by atoms with Gasteiger partial charge < -0.3 is 24.3 Å². The van der Waals surface area contributed by atoms with E-state index in [1.807, 2.05) is 0 Å². The quantitative estimate of drug-likeness (QED) is 0.675. The molecule has 0 bridgehead atoms. The second kappa shape index (κ2) is 5.76. The zero-order chi connectivity index (χ0) is 33.0. The molecule has 1 aromatic heterocycles. The second-order valence-corrected chi connectivity index (χ2v) is 6.26. The van der Waals surface area contributed by atoms with E-state index in [4.69, 9.17) is 27.3 Å². The molecule has 2 amide bonds. The lowest BCUT2D eigenvalue weighted by Crippen LogP contribution is -2.62. The molecule has 7 heteroatoms. The van der Waals surface area contributed by atoms with Crippen LogP contribution in [0.25, 0.3) is 10.9 Å². The van der Waals surface area contributed by atoms with E-state index in [1.54, 1.807) is 0 Å². The molecule has 1 saturated heterocycles. The minimum absolute atomic E-state index is 0.113. The molecule has 0 radical (unpaired) electrons. The fraction of sp³-hybridized carbons (Fsp3) is 0.273. The van der Waals surface area contributed by atoms with Gasteiger partial charge in [0.05, 0.1) is 27.6 Å². The van der Waals surface area contributed by atoms with E-state index in [2.05, 4.69) is 4.98 Å². The summed E-state index contributed by atoms with van der Waals surface area (Å²) >= 11 is 0. The zero-order valence-electron chi connectivity index (χ0n) is 29.5. The molecular formula is C22H19N3O4. The first-order chi connectivity index (χ1) is 20.0. The first-order valence-corrected chi connectivity index (χ1v) is 8.29. The molecule has 7 nitrogen and oxygen atoms in total. The van der Waals surface area contributed by atoms with Gasteiger partial charge >= 0.3 is 0 Å². The number of aromatic nitrogens is 1. The average molecular weight is 405 g/mol. The summed E-state index contributed by atoms with van der Waals surface area (Å²) in [7, 11) is 0.781. The Kier molecular flexibility index (Phi) is 1.47. The number of nitrogens with zero attached hydrogens (tertiary/aromatic N) is 2. The number of rotatable bonds is 1. The maximum atomic E-state index is 13.9. The highest BCUT2D eigenvalue weighted by molar-refractivity contribution is 5.97. The number of ether oxygens (including phenoxy) is 2. The molecule has 0 aliphatic carbocycles. The van der Waals surface area contributed by atoms with Crippen LogP contribution in [0.5, 0.6) is 11.5 Å². The molecule has 6 rings (SSSR count). The number of piperazine rings is 1. The third-order valence-electron chi connectivity index (χ3n) is 4.61.